The summed E-state index contributed by atoms with van der Waals surface area (Å²) in [5.41, 5.74) is 10.5. The first kappa shape index (κ1) is 28.1. The van der Waals surface area contributed by atoms with E-state index in [9.17, 15) is 0 Å². The smallest absolute Gasteiger partial charge is 0.180 e. The number of hydrogen-bond acceptors (Lipinski definition) is 4. The van der Waals surface area contributed by atoms with Crippen molar-refractivity contribution in [1.29, 1.82) is 0 Å². The lowest BCUT2D eigenvalue weighted by Gasteiger charge is -2.37. The van der Waals surface area contributed by atoms with Crippen LogP contribution in [0.4, 0.5) is 11.4 Å². The molecular weight excluding hydrogens is 540 g/mol. The van der Waals surface area contributed by atoms with E-state index in [1.54, 1.807) is 0 Å². The number of fused-ring (bicyclic) bond motifs is 3. The van der Waals surface area contributed by atoms with Crippen LogP contribution in [-0.4, -0.2) is 12.8 Å². The maximum Gasteiger partial charge on any atom is 0.180 e. The third kappa shape index (κ3) is 5.96. The maximum absolute atomic E-state index is 6.70. The molecule has 0 unspecified atom stereocenters. The van der Waals surface area contributed by atoms with E-state index in [2.05, 4.69) is 98.9 Å². The number of anilines is 1. The van der Waals surface area contributed by atoms with Gasteiger partial charge < -0.3 is 14.8 Å². The predicted molar refractivity (Wildman–Crippen MR) is 174 cm³/mol. The van der Waals surface area contributed by atoms with Gasteiger partial charge in [-0.3, -0.25) is 4.99 Å². The monoisotopic (exact) mass is 576 g/mol. The molecule has 4 nitrogen and oxygen atoms in total. The van der Waals surface area contributed by atoms with Gasteiger partial charge in [0, 0.05) is 17.8 Å². The Morgan fingerprint density at radius 1 is 0.905 bits per heavy atom. The average molecular weight is 577 g/mol. The average Bonchev–Trinajstić information content (AvgIpc) is 3.46. The lowest BCUT2D eigenvalue weighted by Crippen LogP contribution is -2.29. The zero-order valence-electron chi connectivity index (χ0n) is 24.7. The fourth-order valence-corrected chi connectivity index (χ4v) is 6.61. The van der Waals surface area contributed by atoms with Gasteiger partial charge in [0.2, 0.25) is 0 Å². The molecule has 0 bridgehead atoms. The van der Waals surface area contributed by atoms with Crippen molar-refractivity contribution in [2.45, 2.75) is 52.7 Å². The normalized spacial score (nSPS) is 18.9. The first-order chi connectivity index (χ1) is 20.4. The number of rotatable bonds is 8. The van der Waals surface area contributed by atoms with Crippen LogP contribution in [0.1, 0.15) is 64.2 Å². The molecule has 214 valence electrons. The first-order valence-corrected chi connectivity index (χ1v) is 15.1. The van der Waals surface area contributed by atoms with Crippen LogP contribution >= 0.6 is 11.6 Å². The standard InChI is InChI=1S/C37H37ClN2O2/c1-5-41-35-20-26(19-33(38)37(35)42-22-27-16-24(3)15-25(4)17-27)21-39-29-12-10-28(11-13-29)36-31-8-6-7-30(31)32-18-23(2)9-14-34(32)40-36/h6-7,9-21,30-31,36,40H,5,8,22H2,1-4H3/t30-,31+,36-/m0/s1. The number of hydrogen-bond donors (Lipinski definition) is 1. The van der Waals surface area contributed by atoms with Gasteiger partial charge in [-0.1, -0.05) is 82.9 Å². The quantitative estimate of drug-likeness (QED) is 0.168. The molecule has 0 aromatic heterocycles. The van der Waals surface area contributed by atoms with Gasteiger partial charge in [0.25, 0.3) is 0 Å². The van der Waals surface area contributed by atoms with Gasteiger partial charge in [0.05, 0.1) is 23.4 Å². The summed E-state index contributed by atoms with van der Waals surface area (Å²) >= 11 is 6.70. The number of ether oxygens (including phenoxy) is 2. The van der Waals surface area contributed by atoms with Crippen LogP contribution in [0.3, 0.4) is 0 Å². The predicted octanol–water partition coefficient (Wildman–Crippen LogP) is 9.82. The number of nitrogens with one attached hydrogen (secondary N) is 1. The van der Waals surface area contributed by atoms with Crippen LogP contribution in [0.25, 0.3) is 0 Å². The Labute approximate surface area is 254 Å². The zero-order chi connectivity index (χ0) is 29.2. The molecule has 0 saturated carbocycles. The minimum Gasteiger partial charge on any atom is -0.490 e. The number of aryl methyl sites for hydroxylation is 3. The van der Waals surface area contributed by atoms with E-state index in [4.69, 9.17) is 26.1 Å². The van der Waals surface area contributed by atoms with Crippen molar-refractivity contribution >= 4 is 29.2 Å². The Bertz CT molecular complexity index is 1640. The van der Waals surface area contributed by atoms with E-state index >= 15 is 0 Å². The number of nitrogens with zero attached hydrogens (tertiary/aromatic N) is 1. The highest BCUT2D eigenvalue weighted by Gasteiger charge is 2.37. The summed E-state index contributed by atoms with van der Waals surface area (Å²) in [6.45, 7) is 9.22. The lowest BCUT2D eigenvalue weighted by molar-refractivity contribution is 0.269. The molecule has 0 spiro atoms. The number of halogens is 1. The second kappa shape index (κ2) is 12.1. The second-order valence-electron chi connectivity index (χ2n) is 11.5. The molecule has 1 aliphatic heterocycles. The third-order valence-electron chi connectivity index (χ3n) is 8.13. The van der Waals surface area contributed by atoms with Gasteiger partial charge in [0.15, 0.2) is 11.5 Å². The van der Waals surface area contributed by atoms with Crippen molar-refractivity contribution < 1.29 is 9.47 Å². The van der Waals surface area contributed by atoms with Crippen LogP contribution in [0, 0.1) is 26.7 Å². The summed E-state index contributed by atoms with van der Waals surface area (Å²) in [6.07, 6.45) is 7.63. The van der Waals surface area contributed by atoms with Crippen LogP contribution in [-0.2, 0) is 6.61 Å². The summed E-state index contributed by atoms with van der Waals surface area (Å²) < 4.78 is 12.1. The Kier molecular flexibility index (Phi) is 8.08. The molecule has 1 N–H and O–H groups in total. The molecule has 5 heteroatoms. The highest BCUT2D eigenvalue weighted by atomic mass is 35.5. The molecule has 1 aliphatic carbocycles. The van der Waals surface area contributed by atoms with Crippen LogP contribution in [0.2, 0.25) is 5.02 Å². The molecule has 0 amide bonds. The maximum atomic E-state index is 6.70. The van der Waals surface area contributed by atoms with E-state index in [0.29, 0.717) is 41.6 Å². The topological polar surface area (TPSA) is 42.8 Å². The lowest BCUT2D eigenvalue weighted by atomic mass is 9.76. The second-order valence-corrected chi connectivity index (χ2v) is 11.9. The number of allylic oxidation sites excluding steroid dienone is 2. The summed E-state index contributed by atoms with van der Waals surface area (Å²) in [5.74, 6) is 2.14. The van der Waals surface area contributed by atoms with Gasteiger partial charge in [0.1, 0.15) is 6.61 Å². The van der Waals surface area contributed by atoms with Crippen LogP contribution in [0.5, 0.6) is 11.5 Å². The minimum absolute atomic E-state index is 0.266. The van der Waals surface area contributed by atoms with Gasteiger partial charge in [-0.25, -0.2) is 0 Å². The summed E-state index contributed by atoms with van der Waals surface area (Å²) in [5, 5.41) is 4.33. The van der Waals surface area contributed by atoms with E-state index in [-0.39, 0.29) is 6.04 Å². The fourth-order valence-electron chi connectivity index (χ4n) is 6.33. The Morgan fingerprint density at radius 2 is 1.69 bits per heavy atom. The molecule has 4 aromatic rings. The van der Waals surface area contributed by atoms with Crippen molar-refractivity contribution in [2.24, 2.45) is 10.9 Å². The molecule has 4 aromatic carbocycles. The van der Waals surface area contributed by atoms with Gasteiger partial charge in [-0.2, -0.15) is 0 Å². The van der Waals surface area contributed by atoms with E-state index in [1.807, 2.05) is 25.3 Å². The van der Waals surface area contributed by atoms with Crippen molar-refractivity contribution in [3.63, 3.8) is 0 Å². The third-order valence-corrected chi connectivity index (χ3v) is 8.41. The van der Waals surface area contributed by atoms with E-state index in [1.165, 1.54) is 33.5 Å². The summed E-state index contributed by atoms with van der Waals surface area (Å²) in [6, 6.07) is 25.8. The molecule has 6 rings (SSSR count). The van der Waals surface area contributed by atoms with E-state index < -0.39 is 0 Å². The highest BCUT2D eigenvalue weighted by molar-refractivity contribution is 6.32. The zero-order valence-corrected chi connectivity index (χ0v) is 25.4. The van der Waals surface area contributed by atoms with Gasteiger partial charge >= 0.3 is 0 Å². The Balaban J connectivity index is 1.18. The van der Waals surface area contributed by atoms with Crippen molar-refractivity contribution in [3.05, 3.63) is 129 Å². The van der Waals surface area contributed by atoms with Crippen molar-refractivity contribution in [3.8, 4) is 11.5 Å². The fraction of sp³-hybridized carbons (Fsp3) is 0.270. The molecule has 0 fully saturated rings. The van der Waals surface area contributed by atoms with Gasteiger partial charge in [-0.05, 0) is 92.6 Å². The molecule has 3 atom stereocenters. The van der Waals surface area contributed by atoms with Crippen molar-refractivity contribution in [2.75, 3.05) is 11.9 Å². The number of aliphatic imine (C=N–C) groups is 1. The Morgan fingerprint density at radius 3 is 2.45 bits per heavy atom. The van der Waals surface area contributed by atoms with Crippen LogP contribution in [0.15, 0.2) is 89.9 Å². The van der Waals surface area contributed by atoms with E-state index in [0.717, 1.165) is 23.2 Å². The van der Waals surface area contributed by atoms with Gasteiger partial charge in [-0.15, -0.1) is 0 Å². The highest BCUT2D eigenvalue weighted by Crippen LogP contribution is 2.50. The summed E-state index contributed by atoms with van der Waals surface area (Å²) in [7, 11) is 0. The SMILES string of the molecule is CCOc1cc(C=Nc2ccc([C@@H]3Nc4ccc(C)cc4[C@H]4C=CC[C@H]43)cc2)cc(Cl)c1OCc1cc(C)cc(C)c1. The molecule has 1 heterocycles. The van der Waals surface area contributed by atoms with Crippen LogP contribution < -0.4 is 14.8 Å². The molecular formula is C37H37ClN2O2. The molecule has 0 radical (unpaired) electrons. The molecule has 42 heavy (non-hydrogen) atoms. The first-order valence-electron chi connectivity index (χ1n) is 14.7. The van der Waals surface area contributed by atoms with Crippen molar-refractivity contribution in [1.82, 2.24) is 0 Å². The Hall–Kier alpha value is -4.02. The minimum atomic E-state index is 0.266. The number of benzene rings is 4. The molecule has 2 aliphatic rings. The molecule has 0 saturated heterocycles. The largest absolute Gasteiger partial charge is 0.490 e. The summed E-state index contributed by atoms with van der Waals surface area (Å²) in [4.78, 5) is 4.75.